The van der Waals surface area contributed by atoms with Crippen LogP contribution in [0.4, 0.5) is 0 Å². The lowest BCUT2D eigenvalue weighted by Gasteiger charge is -1.99. The molecule has 0 spiro atoms. The molecule has 3 aromatic heterocycles. The molecule has 2 N–H and O–H groups in total. The fourth-order valence-electron chi connectivity index (χ4n) is 1.59. The van der Waals surface area contributed by atoms with Crippen LogP contribution in [0.5, 0.6) is 0 Å². The van der Waals surface area contributed by atoms with Crippen molar-refractivity contribution >= 4 is 23.1 Å². The Morgan fingerprint density at radius 3 is 3.05 bits per heavy atom. The van der Waals surface area contributed by atoms with Crippen LogP contribution in [0.1, 0.15) is 11.6 Å². The van der Waals surface area contributed by atoms with Crippen molar-refractivity contribution in [3.05, 3.63) is 28.5 Å². The van der Waals surface area contributed by atoms with Crippen molar-refractivity contribution < 1.29 is 4.52 Å². The normalized spacial score (nSPS) is 11.1. The highest BCUT2D eigenvalue weighted by Gasteiger charge is 2.12. The first-order chi connectivity index (χ1) is 9.78. The van der Waals surface area contributed by atoms with Gasteiger partial charge in [0.05, 0.1) is 17.9 Å². The van der Waals surface area contributed by atoms with Gasteiger partial charge in [0.2, 0.25) is 0 Å². The smallest absolute Gasteiger partial charge is 0.258 e. The van der Waals surface area contributed by atoms with Gasteiger partial charge in [0, 0.05) is 12.4 Å². The van der Waals surface area contributed by atoms with E-state index < -0.39 is 0 Å². The second-order valence-electron chi connectivity index (χ2n) is 3.98. The molecule has 0 unspecified atom stereocenters. The van der Waals surface area contributed by atoms with Crippen LogP contribution in [0.15, 0.2) is 26.5 Å². The van der Waals surface area contributed by atoms with E-state index in [9.17, 15) is 0 Å². The maximum atomic E-state index is 5.56. The number of hydrogen-bond acceptors (Lipinski definition) is 8. The summed E-state index contributed by atoms with van der Waals surface area (Å²) in [6, 6.07) is 1.95. The summed E-state index contributed by atoms with van der Waals surface area (Å²) in [5, 5.41) is 16.8. The Morgan fingerprint density at radius 1 is 1.45 bits per heavy atom. The third-order valence-electron chi connectivity index (χ3n) is 2.67. The Kier molecular flexibility index (Phi) is 3.81. The zero-order chi connectivity index (χ0) is 13.9. The van der Waals surface area contributed by atoms with Crippen LogP contribution in [0.2, 0.25) is 0 Å². The molecule has 0 aliphatic carbocycles. The molecule has 0 atom stereocenters. The molecule has 20 heavy (non-hydrogen) atoms. The molecule has 0 saturated carbocycles. The van der Waals surface area contributed by atoms with Gasteiger partial charge in [0.15, 0.2) is 11.0 Å². The highest BCUT2D eigenvalue weighted by molar-refractivity contribution is 7.98. The Morgan fingerprint density at radius 2 is 2.35 bits per heavy atom. The molecule has 0 saturated heterocycles. The van der Waals surface area contributed by atoms with Crippen LogP contribution in [0.25, 0.3) is 11.5 Å². The van der Waals surface area contributed by atoms with Gasteiger partial charge in [-0.2, -0.15) is 16.3 Å². The van der Waals surface area contributed by atoms with Crippen LogP contribution in [-0.2, 0) is 19.3 Å². The number of hydrogen-bond donors (Lipinski definition) is 1. The highest BCUT2D eigenvalue weighted by atomic mass is 32.2. The van der Waals surface area contributed by atoms with E-state index in [1.54, 1.807) is 11.3 Å². The average Bonchev–Trinajstić information content (AvgIpc) is 3.17. The molecule has 0 fully saturated rings. The molecule has 0 amide bonds. The molecule has 3 aromatic rings. The van der Waals surface area contributed by atoms with Gasteiger partial charge in [0.1, 0.15) is 5.82 Å². The van der Waals surface area contributed by atoms with Gasteiger partial charge in [-0.3, -0.25) is 0 Å². The number of aromatic nitrogens is 5. The summed E-state index contributed by atoms with van der Waals surface area (Å²) in [6.07, 6.45) is 0. The lowest BCUT2D eigenvalue weighted by Crippen LogP contribution is -2.05. The predicted molar refractivity (Wildman–Crippen MR) is 76.1 cm³/mol. The first kappa shape index (κ1) is 13.3. The number of nitrogens with zero attached hydrogens (tertiary/aromatic N) is 5. The van der Waals surface area contributed by atoms with Gasteiger partial charge in [-0.1, -0.05) is 16.9 Å². The quantitative estimate of drug-likeness (QED) is 0.716. The maximum absolute atomic E-state index is 5.56. The van der Waals surface area contributed by atoms with E-state index in [0.29, 0.717) is 24.0 Å². The zero-order valence-electron chi connectivity index (χ0n) is 10.7. The Labute approximate surface area is 123 Å². The van der Waals surface area contributed by atoms with E-state index in [1.807, 2.05) is 28.4 Å². The molecular weight excluding hydrogens is 296 g/mol. The molecule has 3 rings (SSSR count). The Balaban J connectivity index is 1.68. The van der Waals surface area contributed by atoms with Crippen molar-refractivity contribution in [1.29, 1.82) is 0 Å². The van der Waals surface area contributed by atoms with Gasteiger partial charge in [-0.25, -0.2) is 0 Å². The lowest BCUT2D eigenvalue weighted by molar-refractivity contribution is 0.425. The van der Waals surface area contributed by atoms with Gasteiger partial charge in [-0.15, -0.1) is 10.2 Å². The third-order valence-corrected chi connectivity index (χ3v) is 4.37. The van der Waals surface area contributed by atoms with Crippen molar-refractivity contribution in [2.75, 3.05) is 0 Å². The fraction of sp³-hybridized carbons (Fsp3) is 0.273. The second-order valence-corrected chi connectivity index (χ2v) is 5.70. The van der Waals surface area contributed by atoms with E-state index in [0.717, 1.165) is 16.5 Å². The zero-order valence-corrected chi connectivity index (χ0v) is 12.3. The first-order valence-electron chi connectivity index (χ1n) is 5.84. The summed E-state index contributed by atoms with van der Waals surface area (Å²) >= 11 is 3.09. The van der Waals surface area contributed by atoms with Crippen LogP contribution in [0.3, 0.4) is 0 Å². The monoisotopic (exact) mass is 308 g/mol. The summed E-state index contributed by atoms with van der Waals surface area (Å²) < 4.78 is 7.09. The standard InChI is InChI=1S/C11H12N6OS2/c1-17-9(4-12)14-15-11(17)20-6-8-13-10(18-16-8)7-2-3-19-5-7/h2-3,5H,4,6,12H2,1H3. The summed E-state index contributed by atoms with van der Waals surface area (Å²) in [6.45, 7) is 0.370. The van der Waals surface area contributed by atoms with E-state index in [4.69, 9.17) is 10.3 Å². The third kappa shape index (κ3) is 2.60. The van der Waals surface area contributed by atoms with Crippen LogP contribution in [0, 0.1) is 0 Å². The van der Waals surface area contributed by atoms with Gasteiger partial charge in [-0.05, 0) is 11.4 Å². The van der Waals surface area contributed by atoms with Crippen LogP contribution >= 0.6 is 23.1 Å². The van der Waals surface area contributed by atoms with Crippen LogP contribution < -0.4 is 5.73 Å². The largest absolute Gasteiger partial charge is 0.334 e. The highest BCUT2D eigenvalue weighted by Crippen LogP contribution is 2.23. The Bertz CT molecular complexity index is 690. The molecule has 3 heterocycles. The van der Waals surface area contributed by atoms with Crippen molar-refractivity contribution in [2.24, 2.45) is 12.8 Å². The van der Waals surface area contributed by atoms with Gasteiger partial charge < -0.3 is 14.8 Å². The van der Waals surface area contributed by atoms with Crippen molar-refractivity contribution in [1.82, 2.24) is 24.9 Å². The summed E-state index contributed by atoms with van der Waals surface area (Å²) in [5.74, 6) is 2.50. The average molecular weight is 308 g/mol. The molecule has 0 bridgehead atoms. The summed E-state index contributed by atoms with van der Waals surface area (Å²) in [5.41, 5.74) is 6.50. The van der Waals surface area contributed by atoms with Crippen molar-refractivity contribution in [3.63, 3.8) is 0 Å². The maximum Gasteiger partial charge on any atom is 0.258 e. The molecule has 7 nitrogen and oxygen atoms in total. The molecule has 0 aromatic carbocycles. The molecule has 104 valence electrons. The minimum atomic E-state index is 0.370. The minimum absolute atomic E-state index is 0.370. The number of rotatable bonds is 5. The van der Waals surface area contributed by atoms with E-state index >= 15 is 0 Å². The SMILES string of the molecule is Cn1c(CN)nnc1SCc1noc(-c2ccsc2)n1. The van der Waals surface area contributed by atoms with E-state index in [-0.39, 0.29) is 0 Å². The predicted octanol–water partition coefficient (Wildman–Crippen LogP) is 1.68. The number of nitrogens with two attached hydrogens (primary N) is 1. The molecule has 0 aliphatic heterocycles. The molecule has 0 aliphatic rings. The fourth-order valence-corrected chi connectivity index (χ4v) is 3.00. The second kappa shape index (κ2) is 5.73. The van der Waals surface area contributed by atoms with Crippen molar-refractivity contribution in [3.8, 4) is 11.5 Å². The summed E-state index contributed by atoms with van der Waals surface area (Å²) in [7, 11) is 1.89. The first-order valence-corrected chi connectivity index (χ1v) is 7.77. The molecule has 0 radical (unpaired) electrons. The van der Waals surface area contributed by atoms with Crippen LogP contribution in [-0.4, -0.2) is 24.9 Å². The van der Waals surface area contributed by atoms with Gasteiger partial charge in [0.25, 0.3) is 5.89 Å². The lowest BCUT2D eigenvalue weighted by atomic mass is 10.3. The van der Waals surface area contributed by atoms with E-state index in [1.165, 1.54) is 11.8 Å². The molecule has 9 heteroatoms. The van der Waals surface area contributed by atoms with E-state index in [2.05, 4.69) is 20.3 Å². The Hall–Kier alpha value is -1.71. The minimum Gasteiger partial charge on any atom is -0.334 e. The van der Waals surface area contributed by atoms with Gasteiger partial charge >= 0.3 is 0 Å². The topological polar surface area (TPSA) is 95.7 Å². The van der Waals surface area contributed by atoms with Crippen molar-refractivity contribution in [2.45, 2.75) is 17.5 Å². The molecular formula is C11H12N6OS2. The summed E-state index contributed by atoms with van der Waals surface area (Å²) in [4.78, 5) is 4.35. The number of thiophene rings is 1. The number of thioether (sulfide) groups is 1.